The van der Waals surface area contributed by atoms with Crippen LogP contribution in [-0.2, 0) is 9.84 Å². The quantitative estimate of drug-likeness (QED) is 0.685. The van der Waals surface area contributed by atoms with Crippen LogP contribution in [0.2, 0.25) is 0 Å². The van der Waals surface area contributed by atoms with Crippen molar-refractivity contribution in [1.29, 1.82) is 0 Å². The van der Waals surface area contributed by atoms with Crippen LogP contribution >= 0.6 is 0 Å². The number of sulfone groups is 1. The molecule has 19 heavy (non-hydrogen) atoms. The number of nitro benzene ring substituents is 1. The minimum atomic E-state index is -3.79. The molecular formula is C12H9NO5S. The van der Waals surface area contributed by atoms with Gasteiger partial charge in [0.2, 0.25) is 9.84 Å². The van der Waals surface area contributed by atoms with Gasteiger partial charge in [-0.25, -0.2) is 8.42 Å². The molecule has 2 aromatic carbocycles. The number of benzene rings is 2. The normalized spacial score (nSPS) is 11.2. The SMILES string of the molecule is O=[N+]([O-])c1ccc(S(=O)(=O)c2ccccc2)cc1O. The number of hydrogen-bond donors (Lipinski definition) is 1. The Bertz CT molecular complexity index is 725. The van der Waals surface area contributed by atoms with Crippen LogP contribution in [-0.4, -0.2) is 18.4 Å². The van der Waals surface area contributed by atoms with Gasteiger partial charge in [0.1, 0.15) is 0 Å². The van der Waals surface area contributed by atoms with Crippen LogP contribution in [0.5, 0.6) is 5.75 Å². The van der Waals surface area contributed by atoms with Crippen molar-refractivity contribution in [3.05, 3.63) is 58.6 Å². The Morgan fingerprint density at radius 1 is 1.00 bits per heavy atom. The van der Waals surface area contributed by atoms with E-state index in [4.69, 9.17) is 0 Å². The molecule has 7 heteroatoms. The first-order chi connectivity index (χ1) is 8.93. The van der Waals surface area contributed by atoms with Gasteiger partial charge in [0.15, 0.2) is 5.75 Å². The van der Waals surface area contributed by atoms with Crippen LogP contribution in [0.4, 0.5) is 5.69 Å². The molecule has 0 fully saturated rings. The minimum absolute atomic E-state index is 0.0586. The Kier molecular flexibility index (Phi) is 3.22. The van der Waals surface area contributed by atoms with Crippen LogP contribution in [0, 0.1) is 10.1 Å². The maximum absolute atomic E-state index is 12.2. The smallest absolute Gasteiger partial charge is 0.310 e. The van der Waals surface area contributed by atoms with Crippen molar-refractivity contribution in [3.8, 4) is 5.75 Å². The lowest BCUT2D eigenvalue weighted by Gasteiger charge is -2.05. The molecule has 2 aromatic rings. The van der Waals surface area contributed by atoms with Crippen molar-refractivity contribution >= 4 is 15.5 Å². The zero-order valence-corrected chi connectivity index (χ0v) is 10.4. The fourth-order valence-electron chi connectivity index (χ4n) is 1.56. The predicted molar refractivity (Wildman–Crippen MR) is 66.7 cm³/mol. The summed E-state index contributed by atoms with van der Waals surface area (Å²) in [6.07, 6.45) is 0. The van der Waals surface area contributed by atoms with Crippen molar-refractivity contribution in [2.75, 3.05) is 0 Å². The van der Waals surface area contributed by atoms with Gasteiger partial charge in [0.05, 0.1) is 14.7 Å². The summed E-state index contributed by atoms with van der Waals surface area (Å²) >= 11 is 0. The zero-order chi connectivity index (χ0) is 14.0. The first-order valence-corrected chi connectivity index (χ1v) is 6.69. The van der Waals surface area contributed by atoms with Gasteiger partial charge in [-0.2, -0.15) is 0 Å². The van der Waals surface area contributed by atoms with Gasteiger partial charge < -0.3 is 5.11 Å². The lowest BCUT2D eigenvalue weighted by atomic mass is 10.3. The van der Waals surface area contributed by atoms with E-state index in [9.17, 15) is 23.6 Å². The lowest BCUT2D eigenvalue weighted by Crippen LogP contribution is -2.02. The molecule has 0 aromatic heterocycles. The number of aromatic hydroxyl groups is 1. The molecule has 6 nitrogen and oxygen atoms in total. The molecule has 0 aliphatic rings. The van der Waals surface area contributed by atoms with E-state index in [1.54, 1.807) is 18.2 Å². The second-order valence-corrected chi connectivity index (χ2v) is 5.67. The summed E-state index contributed by atoms with van der Waals surface area (Å²) in [6, 6.07) is 10.6. The monoisotopic (exact) mass is 279 g/mol. The molecule has 0 aliphatic heterocycles. The summed E-state index contributed by atoms with van der Waals surface area (Å²) in [6.45, 7) is 0. The highest BCUT2D eigenvalue weighted by Gasteiger charge is 2.21. The van der Waals surface area contributed by atoms with Gasteiger partial charge in [-0.3, -0.25) is 10.1 Å². The molecule has 0 spiro atoms. The van der Waals surface area contributed by atoms with Crippen molar-refractivity contribution in [1.82, 2.24) is 0 Å². The third-order valence-electron chi connectivity index (χ3n) is 2.51. The van der Waals surface area contributed by atoms with Crippen LogP contribution in [0.15, 0.2) is 58.3 Å². The third-order valence-corrected chi connectivity index (χ3v) is 4.27. The second-order valence-electron chi connectivity index (χ2n) is 3.72. The highest BCUT2D eigenvalue weighted by atomic mass is 32.2. The third kappa shape index (κ3) is 2.41. The van der Waals surface area contributed by atoms with Gasteiger partial charge in [-0.15, -0.1) is 0 Å². The molecule has 0 bridgehead atoms. The number of phenols is 1. The fourth-order valence-corrected chi connectivity index (χ4v) is 2.86. The first-order valence-electron chi connectivity index (χ1n) is 5.20. The van der Waals surface area contributed by atoms with E-state index in [0.717, 1.165) is 18.2 Å². The molecule has 0 radical (unpaired) electrons. The predicted octanol–water partition coefficient (Wildman–Crippen LogP) is 2.13. The van der Waals surface area contributed by atoms with E-state index >= 15 is 0 Å². The van der Waals surface area contributed by atoms with Gasteiger partial charge in [0.25, 0.3) is 0 Å². The summed E-state index contributed by atoms with van der Waals surface area (Å²) in [5.41, 5.74) is -0.535. The number of rotatable bonds is 3. The largest absolute Gasteiger partial charge is 0.502 e. The number of hydrogen-bond acceptors (Lipinski definition) is 5. The molecular weight excluding hydrogens is 270 g/mol. The number of nitro groups is 1. The highest BCUT2D eigenvalue weighted by Crippen LogP contribution is 2.30. The fraction of sp³-hybridized carbons (Fsp3) is 0. The molecule has 0 saturated heterocycles. The molecule has 0 heterocycles. The Hall–Kier alpha value is -2.41. The Morgan fingerprint density at radius 3 is 2.16 bits per heavy atom. The van der Waals surface area contributed by atoms with E-state index < -0.39 is 26.2 Å². The molecule has 0 aliphatic carbocycles. The number of phenolic OH excluding ortho intramolecular Hbond substituents is 1. The van der Waals surface area contributed by atoms with Crippen LogP contribution in [0.3, 0.4) is 0 Å². The van der Waals surface area contributed by atoms with E-state index in [1.807, 2.05) is 0 Å². The molecule has 98 valence electrons. The van der Waals surface area contributed by atoms with Gasteiger partial charge in [-0.05, 0) is 18.2 Å². The topological polar surface area (TPSA) is 97.5 Å². The van der Waals surface area contributed by atoms with Gasteiger partial charge in [-0.1, -0.05) is 18.2 Å². The second kappa shape index (κ2) is 4.69. The van der Waals surface area contributed by atoms with Crippen molar-refractivity contribution in [2.45, 2.75) is 9.79 Å². The molecule has 2 rings (SSSR count). The standard InChI is InChI=1S/C12H9NO5S/c14-12-8-10(6-7-11(12)13(15)16)19(17,18)9-4-2-1-3-5-9/h1-8,14H. The lowest BCUT2D eigenvalue weighted by molar-refractivity contribution is -0.385. The summed E-state index contributed by atoms with van der Waals surface area (Å²) in [5, 5.41) is 20.0. The van der Waals surface area contributed by atoms with E-state index in [1.165, 1.54) is 12.1 Å². The summed E-state index contributed by atoms with van der Waals surface area (Å²) < 4.78 is 24.4. The molecule has 0 saturated carbocycles. The Labute approximate surface area is 109 Å². The molecule has 0 atom stereocenters. The molecule has 1 N–H and O–H groups in total. The average Bonchev–Trinajstić information content (AvgIpc) is 2.39. The van der Waals surface area contributed by atoms with Crippen molar-refractivity contribution < 1.29 is 18.4 Å². The number of nitrogens with zero attached hydrogens (tertiary/aromatic N) is 1. The van der Waals surface area contributed by atoms with Gasteiger partial charge >= 0.3 is 5.69 Å². The maximum atomic E-state index is 12.2. The van der Waals surface area contributed by atoms with Crippen molar-refractivity contribution in [3.63, 3.8) is 0 Å². The average molecular weight is 279 g/mol. The molecule has 0 unspecified atom stereocenters. The maximum Gasteiger partial charge on any atom is 0.310 e. The minimum Gasteiger partial charge on any atom is -0.502 e. The first kappa shape index (κ1) is 13.0. The van der Waals surface area contributed by atoms with Crippen molar-refractivity contribution in [2.24, 2.45) is 0 Å². The zero-order valence-electron chi connectivity index (χ0n) is 9.55. The summed E-state index contributed by atoms with van der Waals surface area (Å²) in [4.78, 5) is 9.63. The van der Waals surface area contributed by atoms with Crippen LogP contribution in [0.1, 0.15) is 0 Å². The van der Waals surface area contributed by atoms with E-state index in [2.05, 4.69) is 0 Å². The Morgan fingerprint density at radius 2 is 1.63 bits per heavy atom. The van der Waals surface area contributed by atoms with Crippen LogP contribution in [0.25, 0.3) is 0 Å². The summed E-state index contributed by atoms with van der Waals surface area (Å²) in [7, 11) is -3.79. The summed E-state index contributed by atoms with van der Waals surface area (Å²) in [5.74, 6) is -0.679. The Balaban J connectivity index is 2.54. The highest BCUT2D eigenvalue weighted by molar-refractivity contribution is 7.91. The van der Waals surface area contributed by atoms with Crippen LogP contribution < -0.4 is 0 Å². The molecule has 0 amide bonds. The van der Waals surface area contributed by atoms with E-state index in [-0.39, 0.29) is 9.79 Å². The van der Waals surface area contributed by atoms with Gasteiger partial charge in [0, 0.05) is 12.1 Å². The van der Waals surface area contributed by atoms with E-state index in [0.29, 0.717) is 0 Å².